The third-order valence-electron chi connectivity index (χ3n) is 4.97. The zero-order chi connectivity index (χ0) is 17.6. The summed E-state index contributed by atoms with van der Waals surface area (Å²) in [6.45, 7) is 16.2. The second-order valence-corrected chi connectivity index (χ2v) is 15.3. The van der Waals surface area contributed by atoms with Gasteiger partial charge in [-0.25, -0.2) is 0 Å². The lowest BCUT2D eigenvalue weighted by Crippen LogP contribution is -2.47. The molecule has 0 amide bonds. The van der Waals surface area contributed by atoms with Gasteiger partial charge in [0.05, 0.1) is 13.8 Å². The molecule has 0 spiro atoms. The van der Waals surface area contributed by atoms with Crippen LogP contribution < -0.4 is 0 Å². The van der Waals surface area contributed by atoms with E-state index in [0.29, 0.717) is 23.3 Å². The molecule has 0 heterocycles. The molecular weight excluding hydrogens is 312 g/mol. The highest BCUT2D eigenvalue weighted by Gasteiger charge is 2.46. The Balaban J connectivity index is 5.44. The van der Waals surface area contributed by atoms with Crippen LogP contribution in [-0.4, -0.2) is 26.8 Å². The predicted molar refractivity (Wildman–Crippen MR) is 99.8 cm³/mol. The van der Waals surface area contributed by atoms with Gasteiger partial charge < -0.3 is 0 Å². The van der Waals surface area contributed by atoms with Crippen molar-refractivity contribution in [1.29, 1.82) is 0 Å². The fraction of sp³-hybridized carbons (Fsp3) is 1.00. The summed E-state index contributed by atoms with van der Waals surface area (Å²) < 4.78 is 31.3. The maximum Gasteiger partial charge on any atom is 0.264 e. The first-order chi connectivity index (χ1) is 9.85. The van der Waals surface area contributed by atoms with Gasteiger partial charge in [0.25, 0.3) is 10.1 Å². The lowest BCUT2D eigenvalue weighted by molar-refractivity contribution is 0.481. The molecule has 0 aromatic rings. The highest BCUT2D eigenvalue weighted by atomic mass is 32.2. The van der Waals surface area contributed by atoms with Crippen LogP contribution in [0.4, 0.5) is 0 Å². The Morgan fingerprint density at radius 1 is 1.05 bits per heavy atom. The summed E-state index contributed by atoms with van der Waals surface area (Å²) in [5, 5.41) is 0.315. The van der Waals surface area contributed by atoms with E-state index in [1.165, 1.54) is 24.9 Å². The maximum atomic E-state index is 11.1. The molecule has 0 radical (unpaired) electrons. The molecule has 0 fully saturated rings. The van der Waals surface area contributed by atoms with E-state index < -0.39 is 18.2 Å². The van der Waals surface area contributed by atoms with Gasteiger partial charge in [-0.3, -0.25) is 4.55 Å². The number of rotatable bonds is 11. The molecule has 0 aromatic carbocycles. The lowest BCUT2D eigenvalue weighted by atomic mass is 10.1. The van der Waals surface area contributed by atoms with Gasteiger partial charge in [0.1, 0.15) is 0 Å². The lowest BCUT2D eigenvalue weighted by Gasteiger charge is -2.48. The third-order valence-corrected chi connectivity index (χ3v) is 13.4. The van der Waals surface area contributed by atoms with E-state index in [2.05, 4.69) is 48.5 Å². The number of hydrogen-bond donors (Lipinski definition) is 1. The summed E-state index contributed by atoms with van der Waals surface area (Å²) in [4.78, 5) is 0. The van der Waals surface area contributed by atoms with E-state index in [-0.39, 0.29) is 5.75 Å². The largest absolute Gasteiger partial charge is 0.286 e. The molecular formula is C17H38O3SSi. The first-order valence-electron chi connectivity index (χ1n) is 8.80. The molecule has 3 nitrogen and oxygen atoms in total. The molecule has 0 saturated heterocycles. The van der Waals surface area contributed by atoms with Crippen molar-refractivity contribution in [2.75, 3.05) is 5.75 Å². The van der Waals surface area contributed by atoms with Crippen LogP contribution in [0.5, 0.6) is 0 Å². The molecule has 134 valence electrons. The maximum absolute atomic E-state index is 11.1. The molecule has 0 bridgehead atoms. The van der Waals surface area contributed by atoms with Crippen molar-refractivity contribution in [2.24, 2.45) is 11.8 Å². The minimum Gasteiger partial charge on any atom is -0.286 e. The Kier molecular flexibility index (Phi) is 8.88. The van der Waals surface area contributed by atoms with E-state index in [1.807, 2.05) is 0 Å². The van der Waals surface area contributed by atoms with Crippen LogP contribution in [0.15, 0.2) is 0 Å². The fourth-order valence-corrected chi connectivity index (χ4v) is 12.1. The van der Waals surface area contributed by atoms with Gasteiger partial charge in [-0.05, 0) is 23.3 Å². The molecule has 0 aromatic heterocycles. The standard InChI is InChI=1S/C17H38O3SSi/c1-8-10-17(6,7)22(13-15(2)3,14-16(4)5)12-9-11-21(18,19)20/h15-16H,8-14H2,1-7H3,(H,18,19,20). The monoisotopic (exact) mass is 350 g/mol. The zero-order valence-corrected chi connectivity index (χ0v) is 17.6. The van der Waals surface area contributed by atoms with E-state index in [4.69, 9.17) is 4.55 Å². The highest BCUT2D eigenvalue weighted by molar-refractivity contribution is 7.85. The van der Waals surface area contributed by atoms with Gasteiger partial charge in [-0.15, -0.1) is 0 Å². The minimum absolute atomic E-state index is 0.0832. The fourth-order valence-electron chi connectivity index (χ4n) is 4.22. The first kappa shape index (κ1) is 22.1. The zero-order valence-electron chi connectivity index (χ0n) is 15.8. The Hall–Kier alpha value is 0.127. The van der Waals surface area contributed by atoms with Crippen molar-refractivity contribution < 1.29 is 13.0 Å². The predicted octanol–water partition coefficient (Wildman–Crippen LogP) is 5.61. The van der Waals surface area contributed by atoms with Gasteiger partial charge in [0.15, 0.2) is 0 Å². The normalized spacial score (nSPS) is 14.1. The molecule has 0 aliphatic rings. The summed E-state index contributed by atoms with van der Waals surface area (Å²) in [6, 6.07) is 3.52. The van der Waals surface area contributed by atoms with Crippen LogP contribution in [0, 0.1) is 11.8 Å². The van der Waals surface area contributed by atoms with Crippen molar-refractivity contribution >= 4 is 18.2 Å². The Morgan fingerprint density at radius 3 is 1.82 bits per heavy atom. The van der Waals surface area contributed by atoms with Crippen molar-refractivity contribution in [3.63, 3.8) is 0 Å². The van der Waals surface area contributed by atoms with Gasteiger partial charge in [-0.1, -0.05) is 79.4 Å². The third kappa shape index (κ3) is 7.60. The van der Waals surface area contributed by atoms with E-state index in [1.54, 1.807) is 0 Å². The Morgan fingerprint density at radius 2 is 1.50 bits per heavy atom. The van der Waals surface area contributed by atoms with Crippen LogP contribution in [0.3, 0.4) is 0 Å². The molecule has 0 unspecified atom stereocenters. The second-order valence-electron chi connectivity index (χ2n) is 8.50. The molecule has 22 heavy (non-hydrogen) atoms. The summed E-state index contributed by atoms with van der Waals surface area (Å²) in [6.07, 6.45) is 3.00. The van der Waals surface area contributed by atoms with Crippen LogP contribution >= 0.6 is 0 Å². The average Bonchev–Trinajstić information content (AvgIpc) is 2.24. The molecule has 0 rings (SSSR count). The van der Waals surface area contributed by atoms with E-state index in [9.17, 15) is 8.42 Å². The van der Waals surface area contributed by atoms with E-state index in [0.717, 1.165) is 6.04 Å². The van der Waals surface area contributed by atoms with Crippen molar-refractivity contribution in [2.45, 2.75) is 90.9 Å². The topological polar surface area (TPSA) is 54.4 Å². The molecule has 0 aliphatic heterocycles. The summed E-state index contributed by atoms with van der Waals surface area (Å²) >= 11 is 0. The number of hydrogen-bond acceptors (Lipinski definition) is 2. The smallest absolute Gasteiger partial charge is 0.264 e. The van der Waals surface area contributed by atoms with Crippen molar-refractivity contribution in [1.82, 2.24) is 0 Å². The molecule has 0 aliphatic carbocycles. The Bertz CT molecular complexity index is 404. The van der Waals surface area contributed by atoms with Gasteiger partial charge in [0.2, 0.25) is 0 Å². The molecule has 0 atom stereocenters. The SMILES string of the molecule is CCCC(C)(C)[Si](CCCS(=O)(=O)O)(CC(C)C)CC(C)C. The molecule has 0 saturated carbocycles. The first-order valence-corrected chi connectivity index (χ1v) is 13.0. The van der Waals surface area contributed by atoms with Crippen LogP contribution in [0.2, 0.25) is 23.2 Å². The average molecular weight is 351 g/mol. The second kappa shape index (κ2) is 8.83. The Labute approximate surface area is 140 Å². The van der Waals surface area contributed by atoms with Crippen molar-refractivity contribution in [3.8, 4) is 0 Å². The van der Waals surface area contributed by atoms with Crippen LogP contribution in [0.25, 0.3) is 0 Å². The summed E-state index contributed by atoms with van der Waals surface area (Å²) in [5.41, 5.74) is 0. The van der Waals surface area contributed by atoms with Crippen LogP contribution in [0.1, 0.15) is 67.7 Å². The summed E-state index contributed by atoms with van der Waals surface area (Å²) in [7, 11) is -5.48. The van der Waals surface area contributed by atoms with Crippen molar-refractivity contribution in [3.05, 3.63) is 0 Å². The highest BCUT2D eigenvalue weighted by Crippen LogP contribution is 2.51. The van der Waals surface area contributed by atoms with Gasteiger partial charge in [-0.2, -0.15) is 8.42 Å². The quantitative estimate of drug-likeness (QED) is 0.389. The molecule has 1 N–H and O–H groups in total. The minimum atomic E-state index is -3.84. The summed E-state index contributed by atoms with van der Waals surface area (Å²) in [5.74, 6) is 1.21. The van der Waals surface area contributed by atoms with Gasteiger partial charge >= 0.3 is 0 Å². The molecule has 5 heteroatoms. The van der Waals surface area contributed by atoms with Gasteiger partial charge in [0, 0.05) is 0 Å². The van der Waals surface area contributed by atoms with Crippen LogP contribution in [-0.2, 0) is 10.1 Å². The van der Waals surface area contributed by atoms with E-state index >= 15 is 0 Å².